The number of piperidine rings is 1. The summed E-state index contributed by atoms with van der Waals surface area (Å²) >= 11 is 0. The van der Waals surface area contributed by atoms with Gasteiger partial charge in [0.2, 0.25) is 5.91 Å². The summed E-state index contributed by atoms with van der Waals surface area (Å²) in [7, 11) is 1.95. The van der Waals surface area contributed by atoms with E-state index < -0.39 is 5.60 Å². The first-order valence-electron chi connectivity index (χ1n) is 9.48. The molecule has 1 spiro atoms. The standard InChI is InChI=1S/C20H28N4O3/c1-15(2)23(3)13-18(25)24-11-7-10-20(14-24)12-17(22-27-20)19(26)21-16-8-5-4-6-9-16/h4-6,8-9,15H,7,10-14H2,1-3H3,(H,21,26). The summed E-state index contributed by atoms with van der Waals surface area (Å²) < 4.78 is 0. The highest BCUT2D eigenvalue weighted by Crippen LogP contribution is 2.33. The van der Waals surface area contributed by atoms with E-state index in [9.17, 15) is 9.59 Å². The number of carbonyl (C=O) groups excluding carboxylic acids is 2. The van der Waals surface area contributed by atoms with Gasteiger partial charge in [0, 0.05) is 24.7 Å². The van der Waals surface area contributed by atoms with Crippen molar-refractivity contribution in [3.05, 3.63) is 30.3 Å². The molecule has 1 fully saturated rings. The molecule has 27 heavy (non-hydrogen) atoms. The Morgan fingerprint density at radius 1 is 1.33 bits per heavy atom. The van der Waals surface area contributed by atoms with Crippen LogP contribution >= 0.6 is 0 Å². The fourth-order valence-corrected chi connectivity index (χ4v) is 3.39. The highest BCUT2D eigenvalue weighted by molar-refractivity contribution is 6.43. The summed E-state index contributed by atoms with van der Waals surface area (Å²) in [6.07, 6.45) is 2.07. The summed E-state index contributed by atoms with van der Waals surface area (Å²) in [5, 5.41) is 6.89. The van der Waals surface area contributed by atoms with Gasteiger partial charge in [-0.15, -0.1) is 0 Å². The van der Waals surface area contributed by atoms with Gasteiger partial charge in [0.05, 0.1) is 13.1 Å². The minimum Gasteiger partial charge on any atom is -0.386 e. The summed E-state index contributed by atoms with van der Waals surface area (Å²) in [5.41, 5.74) is 0.531. The Hall–Kier alpha value is -2.41. The number of rotatable bonds is 5. The molecule has 2 aliphatic rings. The third-order valence-electron chi connectivity index (χ3n) is 5.29. The van der Waals surface area contributed by atoms with Crippen LogP contribution in [0.2, 0.25) is 0 Å². The fourth-order valence-electron chi connectivity index (χ4n) is 3.39. The van der Waals surface area contributed by atoms with Crippen molar-refractivity contribution in [3.63, 3.8) is 0 Å². The van der Waals surface area contributed by atoms with Gasteiger partial charge in [0.25, 0.3) is 5.91 Å². The van der Waals surface area contributed by atoms with Gasteiger partial charge in [-0.3, -0.25) is 14.5 Å². The van der Waals surface area contributed by atoms with Crippen molar-refractivity contribution in [1.82, 2.24) is 9.80 Å². The molecule has 1 unspecified atom stereocenters. The molecule has 2 aliphatic heterocycles. The van der Waals surface area contributed by atoms with Gasteiger partial charge in [-0.05, 0) is 45.9 Å². The maximum absolute atomic E-state index is 12.6. The molecule has 1 aromatic carbocycles. The van der Waals surface area contributed by atoms with Crippen LogP contribution in [0.25, 0.3) is 0 Å². The number of hydrogen-bond donors (Lipinski definition) is 1. The van der Waals surface area contributed by atoms with Crippen LogP contribution in [0.4, 0.5) is 5.69 Å². The van der Waals surface area contributed by atoms with E-state index in [0.717, 1.165) is 25.1 Å². The van der Waals surface area contributed by atoms with E-state index in [1.165, 1.54) is 0 Å². The monoisotopic (exact) mass is 372 g/mol. The average molecular weight is 372 g/mol. The van der Waals surface area contributed by atoms with E-state index in [1.807, 2.05) is 47.2 Å². The molecule has 1 saturated heterocycles. The number of likely N-dealkylation sites (N-methyl/N-ethyl adjacent to an activating group) is 1. The van der Waals surface area contributed by atoms with E-state index in [2.05, 4.69) is 24.3 Å². The van der Waals surface area contributed by atoms with E-state index in [0.29, 0.717) is 31.3 Å². The van der Waals surface area contributed by atoms with Gasteiger partial charge in [0.15, 0.2) is 5.60 Å². The second kappa shape index (κ2) is 8.08. The predicted octanol–water partition coefficient (Wildman–Crippen LogP) is 2.10. The SMILES string of the molecule is CC(C)N(C)CC(=O)N1CCCC2(CC(C(=O)Nc3ccccc3)=NO2)C1. The zero-order valence-corrected chi connectivity index (χ0v) is 16.3. The Morgan fingerprint density at radius 2 is 2.07 bits per heavy atom. The lowest BCUT2D eigenvalue weighted by molar-refractivity contribution is -0.141. The third-order valence-corrected chi connectivity index (χ3v) is 5.29. The molecule has 1 aromatic rings. The van der Waals surface area contributed by atoms with E-state index in [4.69, 9.17) is 4.84 Å². The molecule has 0 saturated carbocycles. The van der Waals surface area contributed by atoms with Gasteiger partial charge >= 0.3 is 0 Å². The molecule has 0 aromatic heterocycles. The van der Waals surface area contributed by atoms with Crippen LogP contribution in [0.3, 0.4) is 0 Å². The molecular weight excluding hydrogens is 344 g/mol. The van der Waals surface area contributed by atoms with E-state index in [-0.39, 0.29) is 11.8 Å². The molecule has 1 N–H and O–H groups in total. The number of carbonyl (C=O) groups is 2. The number of hydrogen-bond acceptors (Lipinski definition) is 5. The van der Waals surface area contributed by atoms with Crippen molar-refractivity contribution in [2.75, 3.05) is 32.0 Å². The number of benzene rings is 1. The summed E-state index contributed by atoms with van der Waals surface area (Å²) in [6, 6.07) is 9.59. The highest BCUT2D eigenvalue weighted by Gasteiger charge is 2.45. The van der Waals surface area contributed by atoms with Gasteiger partial charge in [-0.25, -0.2) is 0 Å². The molecule has 7 heteroatoms. The molecule has 2 heterocycles. The number of amides is 2. The highest BCUT2D eigenvalue weighted by atomic mass is 16.7. The van der Waals surface area contributed by atoms with E-state index >= 15 is 0 Å². The topological polar surface area (TPSA) is 74.2 Å². The van der Waals surface area contributed by atoms with Crippen molar-refractivity contribution < 1.29 is 14.4 Å². The van der Waals surface area contributed by atoms with E-state index in [1.54, 1.807) is 0 Å². The number of para-hydroxylation sites is 1. The van der Waals surface area contributed by atoms with Crippen LogP contribution in [0.5, 0.6) is 0 Å². The lowest BCUT2D eigenvalue weighted by atomic mass is 9.88. The molecule has 0 radical (unpaired) electrons. The molecule has 0 bridgehead atoms. The van der Waals surface area contributed by atoms with Crippen LogP contribution in [-0.2, 0) is 14.4 Å². The lowest BCUT2D eigenvalue weighted by Gasteiger charge is -2.39. The predicted molar refractivity (Wildman–Crippen MR) is 105 cm³/mol. The average Bonchev–Trinajstić information content (AvgIpc) is 3.05. The van der Waals surface area contributed by atoms with Crippen LogP contribution in [0.1, 0.15) is 33.1 Å². The number of likely N-dealkylation sites (tertiary alicyclic amines) is 1. The Kier molecular flexibility index (Phi) is 5.79. The summed E-state index contributed by atoms with van der Waals surface area (Å²) in [5.74, 6) is -0.155. The van der Waals surface area contributed by atoms with Crippen LogP contribution in [-0.4, -0.2) is 65.7 Å². The van der Waals surface area contributed by atoms with Gasteiger partial charge < -0.3 is 15.1 Å². The smallest absolute Gasteiger partial charge is 0.273 e. The van der Waals surface area contributed by atoms with Crippen molar-refractivity contribution >= 4 is 23.2 Å². The molecule has 3 rings (SSSR count). The molecular formula is C20H28N4O3. The van der Waals surface area contributed by atoms with Crippen molar-refractivity contribution in [2.24, 2.45) is 5.16 Å². The quantitative estimate of drug-likeness (QED) is 0.859. The number of oxime groups is 1. The second-order valence-corrected chi connectivity index (χ2v) is 7.74. The zero-order valence-electron chi connectivity index (χ0n) is 16.3. The fraction of sp³-hybridized carbons (Fsp3) is 0.550. The Bertz CT molecular complexity index is 719. The summed E-state index contributed by atoms with van der Waals surface area (Å²) in [4.78, 5) is 34.7. The molecule has 1 atom stereocenters. The lowest BCUT2D eigenvalue weighted by Crippen LogP contribution is -2.53. The third kappa shape index (κ3) is 4.66. The number of nitrogens with one attached hydrogen (secondary N) is 1. The molecule has 0 aliphatic carbocycles. The first-order chi connectivity index (χ1) is 12.9. The Morgan fingerprint density at radius 3 is 2.78 bits per heavy atom. The van der Waals surface area contributed by atoms with Crippen LogP contribution in [0.15, 0.2) is 35.5 Å². The minimum absolute atomic E-state index is 0.0936. The maximum Gasteiger partial charge on any atom is 0.273 e. The molecule has 2 amide bonds. The largest absolute Gasteiger partial charge is 0.386 e. The van der Waals surface area contributed by atoms with Crippen molar-refractivity contribution in [2.45, 2.75) is 44.8 Å². The second-order valence-electron chi connectivity index (χ2n) is 7.74. The van der Waals surface area contributed by atoms with Gasteiger partial charge in [-0.2, -0.15) is 0 Å². The first-order valence-corrected chi connectivity index (χ1v) is 9.48. The first kappa shape index (κ1) is 19.4. The Balaban J connectivity index is 1.58. The number of nitrogens with zero attached hydrogens (tertiary/aromatic N) is 3. The maximum atomic E-state index is 12.6. The number of anilines is 1. The van der Waals surface area contributed by atoms with Crippen LogP contribution < -0.4 is 5.32 Å². The Labute approximate surface area is 160 Å². The van der Waals surface area contributed by atoms with Crippen molar-refractivity contribution in [3.8, 4) is 0 Å². The zero-order chi connectivity index (χ0) is 19.4. The van der Waals surface area contributed by atoms with Crippen molar-refractivity contribution in [1.29, 1.82) is 0 Å². The summed E-state index contributed by atoms with van der Waals surface area (Å²) in [6.45, 7) is 5.72. The normalized spacial score (nSPS) is 22.1. The van der Waals surface area contributed by atoms with Gasteiger partial charge in [0.1, 0.15) is 5.71 Å². The minimum atomic E-state index is -0.576. The molecule has 7 nitrogen and oxygen atoms in total. The van der Waals surface area contributed by atoms with Gasteiger partial charge in [-0.1, -0.05) is 23.4 Å². The molecule has 146 valence electrons. The van der Waals surface area contributed by atoms with Crippen LogP contribution in [0, 0.1) is 0 Å².